The first kappa shape index (κ1) is 27.3. The van der Waals surface area contributed by atoms with Crippen LogP contribution < -0.4 is 4.57 Å². The molecular weight excluding hydrogens is 460 g/mol. The fraction of sp³-hybridized carbons (Fsp3) is 0.593. The van der Waals surface area contributed by atoms with E-state index >= 15 is 0 Å². The minimum Gasteiger partial charge on any atom is -0.286 e. The summed E-state index contributed by atoms with van der Waals surface area (Å²) in [6.45, 7) is 14.3. The SMILES string of the molecule is CCCCCC[n+]1cccc2c1N=C(/C=C/C=C1/N(CCCS(=O)(=O)O)N=C(C)C1(C)C)C2(C)C. The molecule has 0 radical (unpaired) electrons. The van der Waals surface area contributed by atoms with E-state index in [9.17, 15) is 8.42 Å². The number of allylic oxidation sites excluding steroid dienone is 4. The van der Waals surface area contributed by atoms with Gasteiger partial charge >= 0.3 is 5.82 Å². The maximum atomic E-state index is 11.1. The molecule has 3 rings (SSSR count). The van der Waals surface area contributed by atoms with Crippen LogP contribution in [0.2, 0.25) is 0 Å². The highest BCUT2D eigenvalue weighted by molar-refractivity contribution is 7.85. The van der Waals surface area contributed by atoms with Crippen molar-refractivity contribution in [3.05, 3.63) is 47.8 Å². The quantitative estimate of drug-likeness (QED) is 0.251. The van der Waals surface area contributed by atoms with Gasteiger partial charge < -0.3 is 0 Å². The van der Waals surface area contributed by atoms with Gasteiger partial charge in [0, 0.05) is 23.4 Å². The second kappa shape index (κ2) is 10.7. The average Bonchev–Trinajstić information content (AvgIpc) is 3.14. The number of nitrogens with zero attached hydrogens (tertiary/aromatic N) is 4. The van der Waals surface area contributed by atoms with Crippen molar-refractivity contribution in [3.8, 4) is 0 Å². The summed E-state index contributed by atoms with van der Waals surface area (Å²) < 4.78 is 33.6. The number of fused-ring (bicyclic) bond motifs is 1. The van der Waals surface area contributed by atoms with Gasteiger partial charge in [-0.2, -0.15) is 13.5 Å². The van der Waals surface area contributed by atoms with Crippen molar-refractivity contribution in [2.75, 3.05) is 12.3 Å². The Balaban J connectivity index is 1.80. The number of pyridine rings is 1. The van der Waals surface area contributed by atoms with Crippen molar-refractivity contribution >= 4 is 27.4 Å². The van der Waals surface area contributed by atoms with Gasteiger partial charge in [-0.1, -0.05) is 25.8 Å². The number of aliphatic imine (C=N–C) groups is 1. The third-order valence-electron chi connectivity index (χ3n) is 7.21. The monoisotopic (exact) mass is 501 g/mol. The second-order valence-corrected chi connectivity index (χ2v) is 12.2. The topological polar surface area (TPSA) is 86.2 Å². The molecule has 1 N–H and O–H groups in total. The minimum atomic E-state index is -3.98. The van der Waals surface area contributed by atoms with Crippen LogP contribution in [0.3, 0.4) is 0 Å². The summed E-state index contributed by atoms with van der Waals surface area (Å²) in [5, 5.41) is 6.50. The van der Waals surface area contributed by atoms with E-state index < -0.39 is 10.1 Å². The minimum absolute atomic E-state index is 0.191. The molecule has 2 aliphatic rings. The highest BCUT2D eigenvalue weighted by Crippen LogP contribution is 2.39. The second-order valence-electron chi connectivity index (χ2n) is 10.6. The van der Waals surface area contributed by atoms with E-state index in [-0.39, 0.29) is 16.6 Å². The molecule has 192 valence electrons. The molecule has 0 saturated carbocycles. The summed E-state index contributed by atoms with van der Waals surface area (Å²) in [5.41, 5.74) is 3.78. The third kappa shape index (κ3) is 6.28. The molecule has 7 nitrogen and oxygen atoms in total. The van der Waals surface area contributed by atoms with E-state index in [4.69, 9.17) is 9.55 Å². The van der Waals surface area contributed by atoms with Crippen LogP contribution in [0.1, 0.15) is 79.2 Å². The first-order valence-corrected chi connectivity index (χ1v) is 14.3. The van der Waals surface area contributed by atoms with E-state index in [1.54, 1.807) is 0 Å². The summed E-state index contributed by atoms with van der Waals surface area (Å²) >= 11 is 0. The summed E-state index contributed by atoms with van der Waals surface area (Å²) in [4.78, 5) is 5.04. The van der Waals surface area contributed by atoms with Crippen molar-refractivity contribution in [3.63, 3.8) is 0 Å². The lowest BCUT2D eigenvalue weighted by Crippen LogP contribution is -2.34. The van der Waals surface area contributed by atoms with Crippen LogP contribution in [0.15, 0.2) is 52.3 Å². The normalized spacial score (nSPS) is 20.0. The number of hydrogen-bond donors (Lipinski definition) is 1. The average molecular weight is 502 g/mol. The zero-order valence-corrected chi connectivity index (χ0v) is 22.9. The number of aromatic nitrogens is 1. The molecule has 1 aromatic rings. The largest absolute Gasteiger partial charge is 0.327 e. The van der Waals surface area contributed by atoms with E-state index in [0.29, 0.717) is 13.0 Å². The molecule has 0 saturated heterocycles. The van der Waals surface area contributed by atoms with Crippen LogP contribution in [0.5, 0.6) is 0 Å². The van der Waals surface area contributed by atoms with Crippen LogP contribution in [-0.2, 0) is 22.1 Å². The standard InChI is InChI=1S/C27H40N4O3S/c1-7-8-9-10-17-30-18-12-14-22-25(30)28-23(27(22,5)6)15-11-16-24-26(3,4)21(2)29-31(24)19-13-20-35(32,33)34/h11-12,14-16,18H,7-10,13,17,19-20H2,1-6H3/p+1. The number of hydrogen-bond acceptors (Lipinski definition) is 5. The number of unbranched alkanes of at least 4 members (excludes halogenated alkanes) is 3. The molecule has 3 heterocycles. The molecule has 0 spiro atoms. The highest BCUT2D eigenvalue weighted by atomic mass is 32.2. The Morgan fingerprint density at radius 2 is 1.86 bits per heavy atom. The third-order valence-corrected chi connectivity index (χ3v) is 8.01. The van der Waals surface area contributed by atoms with Crippen molar-refractivity contribution in [1.82, 2.24) is 5.01 Å². The highest BCUT2D eigenvalue weighted by Gasteiger charge is 2.42. The molecular formula is C27H41N4O3S+. The van der Waals surface area contributed by atoms with Gasteiger partial charge in [0.1, 0.15) is 0 Å². The smallest absolute Gasteiger partial charge is 0.286 e. The summed E-state index contributed by atoms with van der Waals surface area (Å²) in [6.07, 6.45) is 13.5. The van der Waals surface area contributed by atoms with Gasteiger partial charge in [0.2, 0.25) is 0 Å². The van der Waals surface area contributed by atoms with E-state index in [2.05, 4.69) is 68.7 Å². The van der Waals surface area contributed by atoms with Crippen molar-refractivity contribution < 1.29 is 17.5 Å². The van der Waals surface area contributed by atoms with Crippen LogP contribution in [0.25, 0.3) is 0 Å². The summed E-state index contributed by atoms with van der Waals surface area (Å²) in [7, 11) is -3.98. The Morgan fingerprint density at radius 3 is 2.54 bits per heavy atom. The van der Waals surface area contributed by atoms with E-state index in [1.807, 2.05) is 24.1 Å². The van der Waals surface area contributed by atoms with E-state index in [1.165, 1.54) is 24.8 Å². The van der Waals surface area contributed by atoms with Crippen LogP contribution >= 0.6 is 0 Å². The maximum Gasteiger partial charge on any atom is 0.327 e. The molecule has 1 aromatic heterocycles. The number of aryl methyl sites for hydroxylation is 1. The Hall–Kier alpha value is -2.32. The van der Waals surface area contributed by atoms with Gasteiger partial charge in [0.05, 0.1) is 29.5 Å². The molecule has 0 aromatic carbocycles. The van der Waals surface area contributed by atoms with Crippen LogP contribution in [-0.4, -0.2) is 41.7 Å². The molecule has 0 unspecified atom stereocenters. The van der Waals surface area contributed by atoms with Crippen molar-refractivity contribution in [2.45, 2.75) is 85.6 Å². The predicted octanol–water partition coefficient (Wildman–Crippen LogP) is 5.35. The lowest BCUT2D eigenvalue weighted by atomic mass is 9.82. The fourth-order valence-corrected chi connectivity index (χ4v) is 5.14. The number of rotatable bonds is 11. The van der Waals surface area contributed by atoms with Gasteiger partial charge in [-0.25, -0.2) is 4.57 Å². The molecule has 2 aliphatic heterocycles. The summed E-state index contributed by atoms with van der Waals surface area (Å²) in [6, 6.07) is 4.30. The van der Waals surface area contributed by atoms with Crippen LogP contribution in [0.4, 0.5) is 5.82 Å². The first-order chi connectivity index (χ1) is 16.4. The van der Waals surface area contributed by atoms with Gasteiger partial charge in [-0.15, -0.1) is 0 Å². The zero-order valence-electron chi connectivity index (χ0n) is 22.1. The Labute approximate surface area is 211 Å². The molecule has 0 aliphatic carbocycles. The number of hydrazone groups is 1. The maximum absolute atomic E-state index is 11.1. The Kier molecular flexibility index (Phi) is 8.37. The zero-order chi connectivity index (χ0) is 25.9. The summed E-state index contributed by atoms with van der Waals surface area (Å²) in [5.74, 6) is 0.775. The van der Waals surface area contributed by atoms with Crippen molar-refractivity contribution in [2.24, 2.45) is 15.5 Å². The molecule has 0 fully saturated rings. The van der Waals surface area contributed by atoms with E-state index in [0.717, 1.165) is 35.9 Å². The predicted molar refractivity (Wildman–Crippen MR) is 143 cm³/mol. The fourth-order valence-electron chi connectivity index (χ4n) is 4.64. The molecule has 0 atom stereocenters. The Bertz CT molecular complexity index is 1160. The molecule has 35 heavy (non-hydrogen) atoms. The molecule has 0 bridgehead atoms. The molecule has 0 amide bonds. The van der Waals surface area contributed by atoms with Gasteiger partial charge in [0.15, 0.2) is 5.71 Å². The first-order valence-electron chi connectivity index (χ1n) is 12.7. The lowest BCUT2D eigenvalue weighted by molar-refractivity contribution is -0.684. The van der Waals surface area contributed by atoms with Gasteiger partial charge in [0.25, 0.3) is 10.1 Å². The molecule has 8 heteroatoms. The van der Waals surface area contributed by atoms with Gasteiger partial charge in [-0.05, 0) is 83.2 Å². The van der Waals surface area contributed by atoms with Crippen LogP contribution in [0, 0.1) is 5.41 Å². The van der Waals surface area contributed by atoms with Gasteiger partial charge in [-0.3, -0.25) is 9.56 Å². The van der Waals surface area contributed by atoms with Crippen molar-refractivity contribution in [1.29, 1.82) is 0 Å². The lowest BCUT2D eigenvalue weighted by Gasteiger charge is -2.25. The Morgan fingerprint density at radius 1 is 1.11 bits per heavy atom.